The minimum absolute atomic E-state index is 0.0733. The van der Waals surface area contributed by atoms with Gasteiger partial charge in [-0.15, -0.1) is 0 Å². The average Bonchev–Trinajstić information content (AvgIpc) is 3.25. The van der Waals surface area contributed by atoms with E-state index in [0.717, 1.165) is 63.5 Å². The van der Waals surface area contributed by atoms with Gasteiger partial charge in [-0.25, -0.2) is 0 Å². The highest BCUT2D eigenvalue weighted by Gasteiger charge is 2.65. The number of hydrogen-bond acceptors (Lipinski definition) is 4. The van der Waals surface area contributed by atoms with Crippen LogP contribution in [0, 0.1) is 17.8 Å². The molecule has 0 aromatic carbocycles. The number of furan rings is 1. The van der Waals surface area contributed by atoms with Crippen LogP contribution in [0.3, 0.4) is 0 Å². The van der Waals surface area contributed by atoms with Crippen molar-refractivity contribution in [2.24, 2.45) is 10.8 Å². The summed E-state index contributed by atoms with van der Waals surface area (Å²) in [6, 6.07) is 4.05. The highest BCUT2D eigenvalue weighted by atomic mass is 16.3. The predicted molar refractivity (Wildman–Crippen MR) is 97.3 cm³/mol. The molecule has 2 amide bonds. The molecule has 142 valence electrons. The fraction of sp³-hybridized carbons (Fsp3) is 0.700. The van der Waals surface area contributed by atoms with Crippen LogP contribution >= 0.6 is 0 Å². The molecule has 6 heteroatoms. The first kappa shape index (κ1) is 17.6. The molecular weight excluding hydrogens is 330 g/mol. The molecule has 6 nitrogen and oxygen atoms in total. The molecule has 0 saturated carbocycles. The summed E-state index contributed by atoms with van der Waals surface area (Å²) in [6.07, 6.45) is 2.82. The van der Waals surface area contributed by atoms with Crippen LogP contribution in [0.1, 0.15) is 37.7 Å². The fourth-order valence-electron chi connectivity index (χ4n) is 5.43. The summed E-state index contributed by atoms with van der Waals surface area (Å²) >= 11 is 0. The van der Waals surface area contributed by atoms with E-state index in [1.165, 1.54) is 0 Å². The minimum atomic E-state index is -0.374. The number of rotatable bonds is 2. The molecule has 1 atom stereocenters. The summed E-state index contributed by atoms with van der Waals surface area (Å²) in [5, 5.41) is 0. The lowest BCUT2D eigenvalue weighted by Crippen LogP contribution is -2.52. The van der Waals surface area contributed by atoms with Gasteiger partial charge in [0.2, 0.25) is 11.8 Å². The third-order valence-corrected chi connectivity index (χ3v) is 7.03. The van der Waals surface area contributed by atoms with Crippen LogP contribution in [-0.4, -0.2) is 66.3 Å². The lowest BCUT2D eigenvalue weighted by atomic mass is 9.60. The first-order valence-electron chi connectivity index (χ1n) is 9.64. The normalized spacial score (nSPS) is 28.7. The second kappa shape index (κ2) is 6.12. The van der Waals surface area contributed by atoms with Crippen molar-refractivity contribution in [2.75, 3.05) is 39.8 Å². The molecule has 1 aromatic heterocycles. The zero-order valence-corrected chi connectivity index (χ0v) is 16.1. The van der Waals surface area contributed by atoms with Crippen molar-refractivity contribution in [3.8, 4) is 0 Å². The number of nitrogens with zero attached hydrogens (tertiary/aromatic N) is 3. The number of carbonyl (C=O) groups is 2. The van der Waals surface area contributed by atoms with Gasteiger partial charge in [-0.3, -0.25) is 14.5 Å². The van der Waals surface area contributed by atoms with Crippen molar-refractivity contribution in [3.63, 3.8) is 0 Å². The number of likely N-dealkylation sites (tertiary alicyclic amines) is 3. The average molecular weight is 359 g/mol. The van der Waals surface area contributed by atoms with Crippen LogP contribution < -0.4 is 0 Å². The second-order valence-corrected chi connectivity index (χ2v) is 8.50. The third kappa shape index (κ3) is 2.57. The van der Waals surface area contributed by atoms with E-state index in [4.69, 9.17) is 4.42 Å². The summed E-state index contributed by atoms with van der Waals surface area (Å²) in [4.78, 5) is 31.4. The van der Waals surface area contributed by atoms with Gasteiger partial charge in [0.25, 0.3) is 0 Å². The number of carbonyl (C=O) groups excluding carboxylic acids is 2. The van der Waals surface area contributed by atoms with Gasteiger partial charge in [0.05, 0.1) is 12.0 Å². The van der Waals surface area contributed by atoms with Gasteiger partial charge in [0.1, 0.15) is 11.5 Å². The molecule has 3 saturated heterocycles. The van der Waals surface area contributed by atoms with Gasteiger partial charge in [0.15, 0.2) is 0 Å². The fourth-order valence-corrected chi connectivity index (χ4v) is 5.43. The van der Waals surface area contributed by atoms with Crippen LogP contribution in [0.15, 0.2) is 16.5 Å². The summed E-state index contributed by atoms with van der Waals surface area (Å²) in [5.74, 6) is 2.29. The minimum Gasteiger partial charge on any atom is -0.465 e. The number of fused-ring (bicyclic) bond motifs is 1. The van der Waals surface area contributed by atoms with Crippen molar-refractivity contribution in [2.45, 2.75) is 39.7 Å². The Bertz CT molecular complexity index is 720. The van der Waals surface area contributed by atoms with E-state index >= 15 is 0 Å². The Kier molecular flexibility index (Phi) is 4.14. The largest absolute Gasteiger partial charge is 0.465 e. The van der Waals surface area contributed by atoms with Gasteiger partial charge in [0, 0.05) is 39.0 Å². The number of piperidine rings is 1. The topological polar surface area (TPSA) is 57.0 Å². The SMILES string of the molecule is CC(=O)N1CC2(CCN(Cc3ccc(C)o3)CC2)[C@]2(CCN(C)C2=O)C1. The Balaban J connectivity index is 1.53. The zero-order chi connectivity index (χ0) is 18.5. The van der Waals surface area contributed by atoms with E-state index in [9.17, 15) is 9.59 Å². The predicted octanol–water partition coefficient (Wildman–Crippen LogP) is 1.88. The Hall–Kier alpha value is -1.82. The summed E-state index contributed by atoms with van der Waals surface area (Å²) < 4.78 is 5.72. The lowest BCUT2D eigenvalue weighted by Gasteiger charge is -2.46. The van der Waals surface area contributed by atoms with Crippen molar-refractivity contribution in [1.82, 2.24) is 14.7 Å². The maximum absolute atomic E-state index is 13.1. The van der Waals surface area contributed by atoms with Gasteiger partial charge in [-0.2, -0.15) is 0 Å². The van der Waals surface area contributed by atoms with E-state index in [-0.39, 0.29) is 22.6 Å². The number of aryl methyl sites for hydroxylation is 1. The molecular formula is C20H29N3O3. The standard InChI is InChI=1S/C20H29N3O3/c1-15-4-5-17(26-15)12-22-10-6-19(7-11-22)13-23(16(2)24)14-20(19)8-9-21(3)18(20)25/h4-5H,6-14H2,1-3H3/t20-/m1/s1. The summed E-state index contributed by atoms with van der Waals surface area (Å²) in [6.45, 7) is 8.45. The van der Waals surface area contributed by atoms with Crippen LogP contribution in [0.4, 0.5) is 0 Å². The molecule has 3 fully saturated rings. The van der Waals surface area contributed by atoms with Crippen LogP contribution in [0.25, 0.3) is 0 Å². The Morgan fingerprint density at radius 3 is 2.42 bits per heavy atom. The van der Waals surface area contributed by atoms with E-state index < -0.39 is 0 Å². The maximum atomic E-state index is 13.1. The Labute approximate surface area is 155 Å². The molecule has 0 unspecified atom stereocenters. The van der Waals surface area contributed by atoms with Gasteiger partial charge in [-0.1, -0.05) is 0 Å². The number of hydrogen-bond donors (Lipinski definition) is 0. The third-order valence-electron chi connectivity index (χ3n) is 7.03. The number of amides is 2. The van der Waals surface area contributed by atoms with Crippen molar-refractivity contribution < 1.29 is 14.0 Å². The van der Waals surface area contributed by atoms with Crippen LogP contribution in [0.5, 0.6) is 0 Å². The lowest BCUT2D eigenvalue weighted by molar-refractivity contribution is -0.141. The highest BCUT2D eigenvalue weighted by molar-refractivity contribution is 5.88. The van der Waals surface area contributed by atoms with Gasteiger partial charge in [-0.05, 0) is 51.4 Å². The van der Waals surface area contributed by atoms with E-state index in [1.54, 1.807) is 6.92 Å². The molecule has 3 aliphatic heterocycles. The first-order chi connectivity index (χ1) is 12.4. The molecule has 1 aromatic rings. The van der Waals surface area contributed by atoms with Crippen molar-refractivity contribution in [3.05, 3.63) is 23.7 Å². The Morgan fingerprint density at radius 2 is 1.88 bits per heavy atom. The molecule has 4 heterocycles. The smallest absolute Gasteiger partial charge is 0.231 e. The summed E-state index contributed by atoms with van der Waals surface area (Å²) in [7, 11) is 1.90. The molecule has 3 aliphatic rings. The van der Waals surface area contributed by atoms with E-state index in [2.05, 4.69) is 4.90 Å². The van der Waals surface area contributed by atoms with E-state index in [0.29, 0.717) is 6.54 Å². The molecule has 0 radical (unpaired) electrons. The molecule has 0 bridgehead atoms. The molecule has 0 N–H and O–H groups in total. The molecule has 26 heavy (non-hydrogen) atoms. The zero-order valence-electron chi connectivity index (χ0n) is 16.1. The van der Waals surface area contributed by atoms with Gasteiger partial charge >= 0.3 is 0 Å². The van der Waals surface area contributed by atoms with Crippen molar-refractivity contribution >= 4 is 11.8 Å². The van der Waals surface area contributed by atoms with Gasteiger partial charge < -0.3 is 14.2 Å². The first-order valence-corrected chi connectivity index (χ1v) is 9.64. The highest BCUT2D eigenvalue weighted by Crippen LogP contribution is 2.57. The van der Waals surface area contributed by atoms with Crippen molar-refractivity contribution in [1.29, 1.82) is 0 Å². The summed E-state index contributed by atoms with van der Waals surface area (Å²) in [5.41, 5.74) is -0.448. The molecule has 4 rings (SSSR count). The van der Waals surface area contributed by atoms with Crippen LogP contribution in [0.2, 0.25) is 0 Å². The Morgan fingerprint density at radius 1 is 1.15 bits per heavy atom. The quantitative estimate of drug-likeness (QED) is 0.809. The van der Waals surface area contributed by atoms with Crippen LogP contribution in [-0.2, 0) is 16.1 Å². The maximum Gasteiger partial charge on any atom is 0.231 e. The molecule has 2 spiro atoms. The monoisotopic (exact) mass is 359 g/mol. The molecule has 0 aliphatic carbocycles. The second-order valence-electron chi connectivity index (χ2n) is 8.50. The van der Waals surface area contributed by atoms with E-state index in [1.807, 2.05) is 35.9 Å².